The topological polar surface area (TPSA) is 118 Å². The Labute approximate surface area is 142 Å². The lowest BCUT2D eigenvalue weighted by atomic mass is 9.91. The first kappa shape index (κ1) is 17.9. The molecule has 0 fully saturated rings. The fourth-order valence-corrected chi connectivity index (χ4v) is 2.23. The number of hydrogen-bond acceptors (Lipinski definition) is 5. The quantitative estimate of drug-likeness (QED) is 0.636. The summed E-state index contributed by atoms with van der Waals surface area (Å²) in [6.45, 7) is 1.63. The van der Waals surface area contributed by atoms with Gasteiger partial charge in [-0.25, -0.2) is 14.4 Å². The number of esters is 2. The van der Waals surface area contributed by atoms with Crippen LogP contribution in [0, 0.1) is 5.92 Å². The van der Waals surface area contributed by atoms with Crippen LogP contribution in [0.3, 0.4) is 0 Å². The summed E-state index contributed by atoms with van der Waals surface area (Å²) in [6.07, 6.45) is 5.47. The molecule has 0 radical (unpaired) electrons. The summed E-state index contributed by atoms with van der Waals surface area (Å²) >= 11 is 0. The number of aromatic carboxylic acids is 1. The molecule has 2 rings (SSSR count). The van der Waals surface area contributed by atoms with Crippen LogP contribution in [-0.4, -0.2) is 34.1 Å². The first-order valence-corrected chi connectivity index (χ1v) is 7.22. The molecule has 1 aromatic carbocycles. The van der Waals surface area contributed by atoms with Gasteiger partial charge in [0.1, 0.15) is 5.92 Å². The van der Waals surface area contributed by atoms with E-state index < -0.39 is 29.8 Å². The Hall–Kier alpha value is -3.48. The molecule has 0 amide bonds. The largest absolute Gasteiger partial charge is 0.478 e. The highest BCUT2D eigenvalue weighted by atomic mass is 16.6. The molecule has 0 saturated heterocycles. The van der Waals surface area contributed by atoms with Crippen molar-refractivity contribution in [1.29, 1.82) is 0 Å². The van der Waals surface area contributed by atoms with Gasteiger partial charge in [-0.3, -0.25) is 4.79 Å². The maximum absolute atomic E-state index is 12.2. The van der Waals surface area contributed by atoms with Crippen LogP contribution in [0.5, 0.6) is 0 Å². The Kier molecular flexibility index (Phi) is 5.28. The van der Waals surface area contributed by atoms with Gasteiger partial charge in [-0.1, -0.05) is 24.3 Å². The van der Waals surface area contributed by atoms with E-state index in [0.717, 1.165) is 6.07 Å². The Morgan fingerprint density at radius 3 is 2.36 bits per heavy atom. The Bertz CT molecular complexity index is 843. The van der Waals surface area contributed by atoms with Gasteiger partial charge in [-0.2, -0.15) is 0 Å². The van der Waals surface area contributed by atoms with Crippen molar-refractivity contribution in [3.05, 3.63) is 70.8 Å². The van der Waals surface area contributed by atoms with Crippen LogP contribution in [0.25, 0.3) is 0 Å². The number of rotatable bonds is 4. The molecule has 0 aliphatic heterocycles. The first-order chi connectivity index (χ1) is 11.8. The summed E-state index contributed by atoms with van der Waals surface area (Å²) in [5, 5.41) is 17.9. The third-order valence-electron chi connectivity index (χ3n) is 3.52. The third kappa shape index (κ3) is 4.08. The highest BCUT2D eigenvalue weighted by molar-refractivity contribution is 6.01. The average molecular weight is 342 g/mol. The minimum atomic E-state index is -1.21. The number of hydrogen-bond donors (Lipinski definition) is 2. The van der Waals surface area contributed by atoms with Crippen LogP contribution >= 0.6 is 0 Å². The molecule has 0 aromatic heterocycles. The lowest BCUT2D eigenvalue weighted by Gasteiger charge is -2.16. The molecule has 2 N–H and O–H groups in total. The van der Waals surface area contributed by atoms with E-state index in [0.29, 0.717) is 5.57 Å². The van der Waals surface area contributed by atoms with Crippen molar-refractivity contribution in [3.8, 4) is 0 Å². The normalized spacial score (nSPS) is 17.7. The molecule has 1 unspecified atom stereocenters. The van der Waals surface area contributed by atoms with Gasteiger partial charge in [-0.05, 0) is 36.8 Å². The molecule has 0 heterocycles. The first-order valence-electron chi connectivity index (χ1n) is 7.22. The van der Waals surface area contributed by atoms with Crippen LogP contribution in [0.15, 0.2) is 59.7 Å². The number of allylic oxidation sites excluding steroid dienone is 2. The van der Waals surface area contributed by atoms with Crippen molar-refractivity contribution in [2.24, 2.45) is 5.92 Å². The maximum Gasteiger partial charge on any atom is 0.345 e. The van der Waals surface area contributed by atoms with Crippen molar-refractivity contribution < 1.29 is 34.1 Å². The number of carboxylic acids is 2. The molecule has 1 aliphatic carbocycles. The van der Waals surface area contributed by atoms with Gasteiger partial charge in [-0.15, -0.1) is 0 Å². The third-order valence-corrected chi connectivity index (χ3v) is 3.52. The number of carbonyl (C=O) groups excluding carboxylic acids is 2. The van der Waals surface area contributed by atoms with E-state index in [1.54, 1.807) is 13.0 Å². The van der Waals surface area contributed by atoms with Crippen LogP contribution in [-0.2, 0) is 14.3 Å². The van der Waals surface area contributed by atoms with Crippen molar-refractivity contribution >= 4 is 23.9 Å². The summed E-state index contributed by atoms with van der Waals surface area (Å²) in [5.41, 5.74) is 0.217. The zero-order valence-electron chi connectivity index (χ0n) is 13.1. The summed E-state index contributed by atoms with van der Waals surface area (Å²) in [5.74, 6) is -5.12. The van der Waals surface area contributed by atoms with Crippen LogP contribution in [0.1, 0.15) is 27.6 Å². The van der Waals surface area contributed by atoms with E-state index in [2.05, 4.69) is 0 Å². The van der Waals surface area contributed by atoms with E-state index >= 15 is 0 Å². The van der Waals surface area contributed by atoms with Gasteiger partial charge >= 0.3 is 23.9 Å². The van der Waals surface area contributed by atoms with Crippen molar-refractivity contribution in [3.63, 3.8) is 0 Å². The molecule has 0 bridgehead atoms. The smallest absolute Gasteiger partial charge is 0.345 e. The van der Waals surface area contributed by atoms with E-state index in [1.165, 1.54) is 36.4 Å². The fourth-order valence-electron chi connectivity index (χ4n) is 2.23. The van der Waals surface area contributed by atoms with E-state index in [9.17, 15) is 19.2 Å². The Morgan fingerprint density at radius 1 is 1.08 bits per heavy atom. The van der Waals surface area contributed by atoms with Crippen molar-refractivity contribution in [2.45, 2.75) is 6.92 Å². The minimum Gasteiger partial charge on any atom is -0.478 e. The number of carboxylic acid groups (broad SMARTS) is 2. The van der Waals surface area contributed by atoms with E-state index in [4.69, 9.17) is 14.9 Å². The highest BCUT2D eigenvalue weighted by Gasteiger charge is 2.27. The molecule has 0 spiro atoms. The van der Waals surface area contributed by atoms with Gasteiger partial charge in [0.2, 0.25) is 0 Å². The van der Waals surface area contributed by atoms with Gasteiger partial charge in [0, 0.05) is 0 Å². The number of benzene rings is 1. The molecule has 128 valence electrons. The second-order valence-corrected chi connectivity index (χ2v) is 5.12. The molecule has 0 saturated carbocycles. The SMILES string of the molecule is CC=C1C=C(C(=O)O)C=CC1C(=O)OC(=O)c1cccc(C(=O)O)c1. The highest BCUT2D eigenvalue weighted by Crippen LogP contribution is 2.24. The average Bonchev–Trinajstić information content (AvgIpc) is 2.60. The number of carbonyl (C=O) groups is 4. The molecule has 1 aliphatic rings. The van der Waals surface area contributed by atoms with Gasteiger partial charge in [0.25, 0.3) is 0 Å². The minimum absolute atomic E-state index is 0.0117. The molecular weight excluding hydrogens is 328 g/mol. The molecular formula is C18H14O7. The summed E-state index contributed by atoms with van der Waals surface area (Å²) in [6, 6.07) is 5.11. The Balaban J connectivity index is 2.16. The van der Waals surface area contributed by atoms with Gasteiger partial charge < -0.3 is 14.9 Å². The second kappa shape index (κ2) is 7.39. The summed E-state index contributed by atoms with van der Waals surface area (Å²) in [4.78, 5) is 46.2. The lowest BCUT2D eigenvalue weighted by Crippen LogP contribution is -2.23. The predicted octanol–water partition coefficient (Wildman–Crippen LogP) is 2.21. The van der Waals surface area contributed by atoms with Crippen LogP contribution < -0.4 is 0 Å². The number of ether oxygens (including phenoxy) is 1. The molecule has 25 heavy (non-hydrogen) atoms. The summed E-state index contributed by atoms with van der Waals surface area (Å²) < 4.78 is 4.80. The van der Waals surface area contributed by atoms with Crippen molar-refractivity contribution in [2.75, 3.05) is 0 Å². The van der Waals surface area contributed by atoms with E-state index in [-0.39, 0.29) is 16.7 Å². The van der Waals surface area contributed by atoms with Gasteiger partial charge in [0.15, 0.2) is 0 Å². The second-order valence-electron chi connectivity index (χ2n) is 5.12. The zero-order chi connectivity index (χ0) is 18.6. The maximum atomic E-state index is 12.2. The van der Waals surface area contributed by atoms with Crippen molar-refractivity contribution in [1.82, 2.24) is 0 Å². The molecule has 7 heteroatoms. The number of aliphatic carboxylic acids is 1. The van der Waals surface area contributed by atoms with Gasteiger partial charge in [0.05, 0.1) is 16.7 Å². The molecule has 1 atom stereocenters. The van der Waals surface area contributed by atoms with E-state index in [1.807, 2.05) is 0 Å². The van der Waals surface area contributed by atoms with Crippen LogP contribution in [0.4, 0.5) is 0 Å². The molecule has 7 nitrogen and oxygen atoms in total. The lowest BCUT2D eigenvalue weighted by molar-refractivity contribution is -0.140. The standard InChI is InChI=1S/C18H14O7/c1-2-10-8-12(16(21)22)6-7-14(10)18(24)25-17(23)13-5-3-4-11(9-13)15(19)20/h2-9,14H,1H3,(H,19,20)(H,21,22). The van der Waals surface area contributed by atoms with Crippen LogP contribution in [0.2, 0.25) is 0 Å². The summed E-state index contributed by atoms with van der Waals surface area (Å²) in [7, 11) is 0. The monoisotopic (exact) mass is 342 g/mol. The molecule has 1 aromatic rings. The zero-order valence-corrected chi connectivity index (χ0v) is 13.1. The Morgan fingerprint density at radius 2 is 1.76 bits per heavy atom. The predicted molar refractivity (Wildman–Crippen MR) is 85.9 cm³/mol. The fraction of sp³-hybridized carbons (Fsp3) is 0.111.